The number of methoxy groups -OCH3 is 1. The smallest absolute Gasteiger partial charge is 0.333 e. The van der Waals surface area contributed by atoms with Gasteiger partial charge in [0, 0.05) is 12.7 Å². The van der Waals surface area contributed by atoms with Crippen molar-refractivity contribution in [3.63, 3.8) is 0 Å². The van der Waals surface area contributed by atoms with Gasteiger partial charge >= 0.3 is 17.9 Å². The molecule has 0 rings (SSSR count). The summed E-state index contributed by atoms with van der Waals surface area (Å²) in [6.45, 7) is 7.00. The van der Waals surface area contributed by atoms with Gasteiger partial charge in [-0.05, 0) is 6.92 Å². The third-order valence-electron chi connectivity index (χ3n) is 2.76. The molecule has 150 valence electrons. The maximum atomic E-state index is 11.4. The second-order valence-electron chi connectivity index (χ2n) is 5.07. The van der Waals surface area contributed by atoms with E-state index in [4.69, 9.17) is 28.4 Å². The molecule has 0 amide bonds. The van der Waals surface area contributed by atoms with Crippen LogP contribution in [0.25, 0.3) is 0 Å². The van der Waals surface area contributed by atoms with Gasteiger partial charge in [0.05, 0.1) is 45.9 Å². The fourth-order valence-corrected chi connectivity index (χ4v) is 1.44. The highest BCUT2D eigenvalue weighted by molar-refractivity contribution is 5.86. The Morgan fingerprint density at radius 1 is 0.692 bits per heavy atom. The van der Waals surface area contributed by atoms with Crippen molar-refractivity contribution >= 4 is 17.9 Å². The summed E-state index contributed by atoms with van der Waals surface area (Å²) in [4.78, 5) is 33.9. The average Bonchev–Trinajstić information content (AvgIpc) is 2.61. The van der Waals surface area contributed by atoms with E-state index in [-0.39, 0.29) is 44.8 Å². The molecular formula is C17H28O9. The fraction of sp³-hybridized carbons (Fsp3) is 0.706. The molecule has 0 bridgehead atoms. The highest BCUT2D eigenvalue weighted by atomic mass is 16.6. The van der Waals surface area contributed by atoms with Crippen molar-refractivity contribution in [2.45, 2.75) is 19.8 Å². The highest BCUT2D eigenvalue weighted by Gasteiger charge is 2.10. The van der Waals surface area contributed by atoms with Crippen molar-refractivity contribution in [1.29, 1.82) is 0 Å². The Morgan fingerprint density at radius 2 is 1.12 bits per heavy atom. The van der Waals surface area contributed by atoms with Crippen LogP contribution in [0.4, 0.5) is 0 Å². The van der Waals surface area contributed by atoms with Crippen LogP contribution < -0.4 is 0 Å². The first-order chi connectivity index (χ1) is 12.5. The normalized spacial score (nSPS) is 10.2. The Kier molecular flexibility index (Phi) is 15.2. The summed E-state index contributed by atoms with van der Waals surface area (Å²) in [5.41, 5.74) is 0.265. The first-order valence-electron chi connectivity index (χ1n) is 8.25. The third-order valence-corrected chi connectivity index (χ3v) is 2.76. The summed E-state index contributed by atoms with van der Waals surface area (Å²) >= 11 is 0. The molecule has 0 saturated carbocycles. The van der Waals surface area contributed by atoms with Crippen LogP contribution in [0.2, 0.25) is 0 Å². The summed E-state index contributed by atoms with van der Waals surface area (Å²) in [7, 11) is 1.59. The zero-order valence-corrected chi connectivity index (χ0v) is 15.5. The Bertz CT molecular complexity index is 434. The molecule has 0 aromatic heterocycles. The van der Waals surface area contributed by atoms with Gasteiger partial charge < -0.3 is 28.4 Å². The predicted molar refractivity (Wildman–Crippen MR) is 90.4 cm³/mol. The van der Waals surface area contributed by atoms with Gasteiger partial charge in [0.15, 0.2) is 0 Å². The van der Waals surface area contributed by atoms with E-state index in [9.17, 15) is 14.4 Å². The number of esters is 3. The molecule has 0 heterocycles. The molecule has 0 aliphatic heterocycles. The van der Waals surface area contributed by atoms with Crippen molar-refractivity contribution in [2.24, 2.45) is 0 Å². The second kappa shape index (κ2) is 16.5. The van der Waals surface area contributed by atoms with Crippen LogP contribution >= 0.6 is 0 Å². The van der Waals surface area contributed by atoms with Crippen LogP contribution in [-0.2, 0) is 42.8 Å². The topological polar surface area (TPSA) is 107 Å². The minimum atomic E-state index is -0.571. The van der Waals surface area contributed by atoms with Gasteiger partial charge in [0.1, 0.15) is 19.8 Å². The SMILES string of the molecule is C=C(C)C(=O)OCCOC(=O)CCC(=O)OCCOCCOCCOC. The quantitative estimate of drug-likeness (QED) is 0.166. The van der Waals surface area contributed by atoms with E-state index in [0.717, 1.165) is 0 Å². The molecule has 0 aliphatic rings. The minimum absolute atomic E-state index is 0.0611. The van der Waals surface area contributed by atoms with Crippen LogP contribution in [-0.4, -0.2) is 77.9 Å². The van der Waals surface area contributed by atoms with Gasteiger partial charge in [-0.15, -0.1) is 0 Å². The molecule has 9 nitrogen and oxygen atoms in total. The van der Waals surface area contributed by atoms with Crippen molar-refractivity contribution in [3.8, 4) is 0 Å². The van der Waals surface area contributed by atoms with E-state index in [0.29, 0.717) is 26.4 Å². The summed E-state index contributed by atoms with van der Waals surface area (Å²) < 4.78 is 29.7. The molecule has 0 atom stereocenters. The lowest BCUT2D eigenvalue weighted by Crippen LogP contribution is -2.16. The zero-order valence-electron chi connectivity index (χ0n) is 15.5. The molecule has 9 heteroatoms. The van der Waals surface area contributed by atoms with Crippen molar-refractivity contribution in [3.05, 3.63) is 12.2 Å². The van der Waals surface area contributed by atoms with Crippen molar-refractivity contribution < 1.29 is 42.8 Å². The maximum Gasteiger partial charge on any atom is 0.333 e. The summed E-state index contributed by atoms with van der Waals surface area (Å²) in [6, 6.07) is 0. The Hall–Kier alpha value is -1.97. The molecule has 0 unspecified atom stereocenters. The van der Waals surface area contributed by atoms with Crippen LogP contribution in [0.1, 0.15) is 19.8 Å². The van der Waals surface area contributed by atoms with Crippen LogP contribution in [0.15, 0.2) is 12.2 Å². The van der Waals surface area contributed by atoms with Gasteiger partial charge in [-0.25, -0.2) is 4.79 Å². The van der Waals surface area contributed by atoms with E-state index < -0.39 is 17.9 Å². The Morgan fingerprint density at radius 3 is 1.62 bits per heavy atom. The van der Waals surface area contributed by atoms with E-state index in [1.54, 1.807) is 7.11 Å². The predicted octanol–water partition coefficient (Wildman–Crippen LogP) is 0.652. The lowest BCUT2D eigenvalue weighted by Gasteiger charge is -2.07. The van der Waals surface area contributed by atoms with Gasteiger partial charge in [0.2, 0.25) is 0 Å². The monoisotopic (exact) mass is 376 g/mol. The Labute approximate surface area is 153 Å². The standard InChI is InChI=1S/C17H28O9/c1-14(2)17(20)26-13-12-25-16(19)5-4-15(18)24-11-10-23-9-8-22-7-6-21-3/h1,4-13H2,2-3H3. The first-order valence-corrected chi connectivity index (χ1v) is 8.25. The molecule has 0 N–H and O–H groups in total. The van der Waals surface area contributed by atoms with E-state index in [2.05, 4.69) is 6.58 Å². The van der Waals surface area contributed by atoms with Crippen LogP contribution in [0.5, 0.6) is 0 Å². The number of carbonyl (C=O) groups is 3. The lowest BCUT2D eigenvalue weighted by molar-refractivity contribution is -0.153. The summed E-state index contributed by atoms with van der Waals surface area (Å²) in [6.07, 6.45) is -0.202. The van der Waals surface area contributed by atoms with Crippen LogP contribution in [0, 0.1) is 0 Å². The first kappa shape index (κ1) is 24.0. The number of rotatable bonds is 16. The molecule has 0 aliphatic carbocycles. The summed E-state index contributed by atoms with van der Waals surface area (Å²) in [5, 5.41) is 0. The van der Waals surface area contributed by atoms with Crippen LogP contribution in [0.3, 0.4) is 0 Å². The average molecular weight is 376 g/mol. The van der Waals surface area contributed by atoms with E-state index in [1.165, 1.54) is 6.92 Å². The zero-order chi connectivity index (χ0) is 19.6. The number of hydrogen-bond donors (Lipinski definition) is 0. The number of hydrogen-bond acceptors (Lipinski definition) is 9. The van der Waals surface area contributed by atoms with Gasteiger partial charge in [0.25, 0.3) is 0 Å². The minimum Gasteiger partial charge on any atom is -0.463 e. The summed E-state index contributed by atoms with van der Waals surface area (Å²) in [5.74, 6) is -1.64. The van der Waals surface area contributed by atoms with Gasteiger partial charge in [-0.3, -0.25) is 9.59 Å². The molecule has 0 fully saturated rings. The second-order valence-corrected chi connectivity index (χ2v) is 5.07. The Balaban J connectivity index is 3.45. The number of carbonyl (C=O) groups excluding carboxylic acids is 3. The van der Waals surface area contributed by atoms with Gasteiger partial charge in [-0.1, -0.05) is 6.58 Å². The molecule has 0 aromatic rings. The third kappa shape index (κ3) is 15.6. The molecule has 0 spiro atoms. The molecule has 0 aromatic carbocycles. The molecule has 26 heavy (non-hydrogen) atoms. The van der Waals surface area contributed by atoms with Crippen molar-refractivity contribution in [1.82, 2.24) is 0 Å². The van der Waals surface area contributed by atoms with E-state index >= 15 is 0 Å². The number of ether oxygens (including phenoxy) is 6. The molecule has 0 saturated heterocycles. The largest absolute Gasteiger partial charge is 0.463 e. The fourth-order valence-electron chi connectivity index (χ4n) is 1.44. The molecular weight excluding hydrogens is 348 g/mol. The van der Waals surface area contributed by atoms with Crippen molar-refractivity contribution in [2.75, 3.05) is 60.0 Å². The highest BCUT2D eigenvalue weighted by Crippen LogP contribution is 1.97. The van der Waals surface area contributed by atoms with Gasteiger partial charge in [-0.2, -0.15) is 0 Å². The lowest BCUT2D eigenvalue weighted by atomic mass is 10.3. The molecule has 0 radical (unpaired) electrons. The maximum absolute atomic E-state index is 11.4. The van der Waals surface area contributed by atoms with E-state index in [1.807, 2.05) is 0 Å².